The minimum atomic E-state index is -2.56. The molecule has 1 N–H and O–H groups in total. The first-order valence-electron chi connectivity index (χ1n) is 9.86. The fourth-order valence-corrected chi connectivity index (χ4v) is 4.29. The molecule has 2 aliphatic carbocycles. The van der Waals surface area contributed by atoms with Crippen LogP contribution in [0.1, 0.15) is 55.4 Å². The van der Waals surface area contributed by atoms with Gasteiger partial charge in [-0.05, 0) is 32.4 Å². The van der Waals surface area contributed by atoms with Gasteiger partial charge in [-0.15, -0.1) is 0 Å². The molecule has 29 heavy (non-hydrogen) atoms. The molecule has 0 unspecified atom stereocenters. The fourth-order valence-electron chi connectivity index (χ4n) is 4.29. The Bertz CT molecular complexity index is 1140. The van der Waals surface area contributed by atoms with Crippen molar-refractivity contribution in [2.75, 3.05) is 5.32 Å². The number of nitrogens with zero attached hydrogens (tertiary/aromatic N) is 5. The number of alkyl halides is 2. The minimum Gasteiger partial charge on any atom is -0.351 e. The molecule has 0 amide bonds. The van der Waals surface area contributed by atoms with E-state index in [1.807, 2.05) is 13.1 Å². The van der Waals surface area contributed by atoms with Crippen molar-refractivity contribution in [1.29, 1.82) is 0 Å². The number of hydrogen-bond acceptors (Lipinski definition) is 5. The van der Waals surface area contributed by atoms with E-state index in [0.717, 1.165) is 39.4 Å². The zero-order valence-electron chi connectivity index (χ0n) is 16.6. The van der Waals surface area contributed by atoms with Gasteiger partial charge in [-0.25, -0.2) is 28.7 Å². The van der Waals surface area contributed by atoms with Crippen LogP contribution in [0.5, 0.6) is 0 Å². The van der Waals surface area contributed by atoms with Crippen molar-refractivity contribution in [2.45, 2.75) is 58.0 Å². The van der Waals surface area contributed by atoms with Crippen molar-refractivity contribution in [1.82, 2.24) is 24.5 Å². The molecule has 0 atom stereocenters. The van der Waals surface area contributed by atoms with Gasteiger partial charge in [0, 0.05) is 54.9 Å². The van der Waals surface area contributed by atoms with Gasteiger partial charge in [0.25, 0.3) is 5.92 Å². The van der Waals surface area contributed by atoms with Crippen LogP contribution in [0.3, 0.4) is 0 Å². The molecule has 0 radical (unpaired) electrons. The smallest absolute Gasteiger partial charge is 0.252 e. The lowest BCUT2D eigenvalue weighted by molar-refractivity contribution is -0.0794. The van der Waals surface area contributed by atoms with E-state index in [-0.39, 0.29) is 24.9 Å². The quantitative estimate of drug-likeness (QED) is 0.712. The van der Waals surface area contributed by atoms with Gasteiger partial charge in [-0.1, -0.05) is 6.08 Å². The summed E-state index contributed by atoms with van der Waals surface area (Å²) in [6, 6.07) is 2.15. The van der Waals surface area contributed by atoms with Gasteiger partial charge in [0.1, 0.15) is 5.82 Å². The van der Waals surface area contributed by atoms with E-state index in [2.05, 4.69) is 55.8 Å². The molecular weight excluding hydrogens is 374 g/mol. The fraction of sp³-hybridized carbons (Fsp3) is 0.429. The summed E-state index contributed by atoms with van der Waals surface area (Å²) >= 11 is 0. The van der Waals surface area contributed by atoms with Crippen LogP contribution in [0, 0.1) is 6.92 Å². The van der Waals surface area contributed by atoms with Gasteiger partial charge in [0.15, 0.2) is 5.65 Å². The summed E-state index contributed by atoms with van der Waals surface area (Å²) in [4.78, 5) is 18.0. The minimum absolute atomic E-state index is 0.161. The summed E-state index contributed by atoms with van der Waals surface area (Å²) in [5, 5.41) is 3.02. The standard InChI is InChI=1S/C21H22F2N6/c1-11(2)29-12(3)26-19-18(29)6-13(9-24-19)15-4-5-17-16(15)10-25-20(28-17)27-14-7-21(22,23)8-14/h4,6,9-11,14H,5,7-8H2,1-3H3,(H,25,27,28). The SMILES string of the molecule is Cc1nc2ncc(C3=CCc4nc(NC5CC(F)(F)C5)ncc43)cc2n1C(C)C. The topological polar surface area (TPSA) is 68.5 Å². The van der Waals surface area contributed by atoms with Crippen molar-refractivity contribution in [3.8, 4) is 0 Å². The first-order valence-corrected chi connectivity index (χ1v) is 9.86. The maximum Gasteiger partial charge on any atom is 0.252 e. The second-order valence-electron chi connectivity index (χ2n) is 8.17. The zero-order chi connectivity index (χ0) is 20.3. The summed E-state index contributed by atoms with van der Waals surface area (Å²) in [5.41, 5.74) is 5.66. The van der Waals surface area contributed by atoms with Gasteiger partial charge < -0.3 is 9.88 Å². The summed E-state index contributed by atoms with van der Waals surface area (Å²) in [6.45, 7) is 6.25. The molecule has 8 heteroatoms. The highest BCUT2D eigenvalue weighted by Gasteiger charge is 2.45. The Morgan fingerprint density at radius 2 is 1.97 bits per heavy atom. The van der Waals surface area contributed by atoms with Crippen LogP contribution >= 0.6 is 0 Å². The summed E-state index contributed by atoms with van der Waals surface area (Å²) < 4.78 is 28.3. The Hall–Kier alpha value is -2.90. The summed E-state index contributed by atoms with van der Waals surface area (Å²) in [7, 11) is 0. The van der Waals surface area contributed by atoms with E-state index in [1.165, 1.54) is 0 Å². The first kappa shape index (κ1) is 18.1. The highest BCUT2D eigenvalue weighted by molar-refractivity contribution is 5.87. The predicted molar refractivity (Wildman–Crippen MR) is 107 cm³/mol. The second-order valence-corrected chi connectivity index (χ2v) is 8.17. The Morgan fingerprint density at radius 1 is 1.17 bits per heavy atom. The van der Waals surface area contributed by atoms with Gasteiger partial charge >= 0.3 is 0 Å². The maximum absolute atomic E-state index is 13.0. The van der Waals surface area contributed by atoms with E-state index in [1.54, 1.807) is 6.20 Å². The number of halogens is 2. The third-order valence-electron chi connectivity index (χ3n) is 5.63. The first-order chi connectivity index (χ1) is 13.8. The second kappa shape index (κ2) is 6.30. The normalized spacial score (nSPS) is 18.1. The Morgan fingerprint density at radius 3 is 2.69 bits per heavy atom. The molecule has 0 bridgehead atoms. The van der Waals surface area contributed by atoms with E-state index in [9.17, 15) is 8.78 Å². The number of aromatic nitrogens is 5. The number of allylic oxidation sites excluding steroid dienone is 1. The van der Waals surface area contributed by atoms with Crippen LogP contribution in [-0.2, 0) is 6.42 Å². The molecule has 0 aromatic carbocycles. The highest BCUT2D eigenvalue weighted by Crippen LogP contribution is 2.39. The highest BCUT2D eigenvalue weighted by atomic mass is 19.3. The Balaban J connectivity index is 1.43. The van der Waals surface area contributed by atoms with Crippen LogP contribution in [0.4, 0.5) is 14.7 Å². The number of pyridine rings is 1. The van der Waals surface area contributed by atoms with Crippen molar-refractivity contribution < 1.29 is 8.78 Å². The van der Waals surface area contributed by atoms with Crippen LogP contribution in [0.25, 0.3) is 16.7 Å². The Labute approximate surface area is 167 Å². The number of rotatable bonds is 4. The van der Waals surface area contributed by atoms with E-state index < -0.39 is 5.92 Å². The predicted octanol–water partition coefficient (Wildman–Crippen LogP) is 4.31. The molecule has 1 fully saturated rings. The molecule has 0 saturated heterocycles. The van der Waals surface area contributed by atoms with Crippen molar-refractivity contribution in [2.24, 2.45) is 0 Å². The van der Waals surface area contributed by atoms with Gasteiger partial charge in [-0.2, -0.15) is 0 Å². The van der Waals surface area contributed by atoms with Gasteiger partial charge in [0.2, 0.25) is 5.95 Å². The molecule has 1 saturated carbocycles. The molecule has 0 spiro atoms. The van der Waals surface area contributed by atoms with Gasteiger partial charge in [0.05, 0.1) is 11.2 Å². The largest absolute Gasteiger partial charge is 0.351 e. The van der Waals surface area contributed by atoms with E-state index in [4.69, 9.17) is 0 Å². The van der Waals surface area contributed by atoms with E-state index in [0.29, 0.717) is 12.4 Å². The molecule has 3 aromatic heterocycles. The van der Waals surface area contributed by atoms with Gasteiger partial charge in [-0.3, -0.25) is 0 Å². The molecular formula is C21H22F2N6. The number of hydrogen-bond donors (Lipinski definition) is 1. The summed E-state index contributed by atoms with van der Waals surface area (Å²) in [6.07, 6.45) is 6.09. The lowest BCUT2D eigenvalue weighted by Gasteiger charge is -2.35. The van der Waals surface area contributed by atoms with Crippen molar-refractivity contribution in [3.63, 3.8) is 0 Å². The summed E-state index contributed by atoms with van der Waals surface area (Å²) in [5.74, 6) is -1.20. The molecule has 5 rings (SSSR count). The lowest BCUT2D eigenvalue weighted by Crippen LogP contribution is -2.44. The van der Waals surface area contributed by atoms with E-state index >= 15 is 0 Å². The number of fused-ring (bicyclic) bond motifs is 2. The maximum atomic E-state index is 13.0. The molecule has 3 aromatic rings. The Kier molecular flexibility index (Phi) is 3.94. The molecule has 2 aliphatic rings. The molecule has 3 heterocycles. The third kappa shape index (κ3) is 3.07. The third-order valence-corrected chi connectivity index (χ3v) is 5.63. The van der Waals surface area contributed by atoms with Crippen molar-refractivity contribution in [3.05, 3.63) is 47.2 Å². The molecule has 0 aliphatic heterocycles. The monoisotopic (exact) mass is 396 g/mol. The van der Waals surface area contributed by atoms with Crippen LogP contribution in [0.15, 0.2) is 24.5 Å². The number of anilines is 1. The number of nitrogens with one attached hydrogen (secondary N) is 1. The zero-order valence-corrected chi connectivity index (χ0v) is 16.6. The van der Waals surface area contributed by atoms with Crippen molar-refractivity contribution >= 4 is 22.7 Å². The number of aryl methyl sites for hydroxylation is 1. The average Bonchev–Trinajstić information content (AvgIpc) is 3.19. The average molecular weight is 396 g/mol. The van der Waals surface area contributed by atoms with Crippen LogP contribution < -0.4 is 5.32 Å². The number of imidazole rings is 1. The van der Waals surface area contributed by atoms with Crippen LogP contribution in [0.2, 0.25) is 0 Å². The molecule has 150 valence electrons. The van der Waals surface area contributed by atoms with Crippen LogP contribution in [-0.4, -0.2) is 36.5 Å². The lowest BCUT2D eigenvalue weighted by atomic mass is 9.88. The molecule has 6 nitrogen and oxygen atoms in total.